The van der Waals surface area contributed by atoms with E-state index in [0.29, 0.717) is 0 Å². The van der Waals surface area contributed by atoms with Gasteiger partial charge >= 0.3 is 0 Å². The number of phenolic OH excluding ortho intramolecular Hbond substituents is 2. The minimum atomic E-state index is -0.966. The van der Waals surface area contributed by atoms with Gasteiger partial charge in [0.15, 0.2) is 12.1 Å². The molecule has 36 heavy (non-hydrogen) atoms. The lowest BCUT2D eigenvalue weighted by Crippen LogP contribution is -2.52. The molecule has 3 aliphatic rings. The Hall–Kier alpha value is -2.73. The summed E-state index contributed by atoms with van der Waals surface area (Å²) in [6, 6.07) is 3.94. The lowest BCUT2D eigenvalue weighted by atomic mass is 9.76. The summed E-state index contributed by atoms with van der Waals surface area (Å²) < 4.78 is 17.0. The second-order valence-corrected chi connectivity index (χ2v) is 9.26. The third-order valence-electron chi connectivity index (χ3n) is 7.08. The van der Waals surface area contributed by atoms with E-state index < -0.39 is 59.8 Å². The van der Waals surface area contributed by atoms with Gasteiger partial charge in [0.05, 0.1) is 48.2 Å². The number of ketones is 2. The number of hydrogen-bond donors (Lipinski definition) is 5. The summed E-state index contributed by atoms with van der Waals surface area (Å²) in [4.78, 5) is 26.8. The molecule has 1 aliphatic heterocycles. The van der Waals surface area contributed by atoms with Gasteiger partial charge in [-0.2, -0.15) is 0 Å². The maximum Gasteiger partial charge on any atom is 0.202 e. The van der Waals surface area contributed by atoms with Crippen molar-refractivity contribution in [2.24, 2.45) is 5.73 Å². The maximum absolute atomic E-state index is 13.5. The zero-order valence-corrected chi connectivity index (χ0v) is 20.4. The zero-order valence-electron chi connectivity index (χ0n) is 19.6. The molecular weight excluding hydrogens is 494 g/mol. The highest BCUT2D eigenvalue weighted by atomic mass is 35.5. The second kappa shape index (κ2) is 9.62. The molecule has 0 radical (unpaired) electrons. The van der Waals surface area contributed by atoms with Gasteiger partial charge in [-0.25, -0.2) is 0 Å². The predicted octanol–water partition coefficient (Wildman–Crippen LogP) is 1.49. The first-order valence-corrected chi connectivity index (χ1v) is 11.4. The van der Waals surface area contributed by atoms with E-state index in [1.807, 2.05) is 0 Å². The van der Waals surface area contributed by atoms with Crippen LogP contribution in [-0.2, 0) is 15.9 Å². The number of methoxy groups -OCH3 is 1. The summed E-state index contributed by atoms with van der Waals surface area (Å²) in [7, 11) is 1.37. The molecule has 4 unspecified atom stereocenters. The number of phenols is 2. The molecule has 1 saturated heterocycles. The normalized spacial score (nSPS) is 29.0. The van der Waals surface area contributed by atoms with Gasteiger partial charge in [0.1, 0.15) is 17.2 Å². The molecule has 194 valence electrons. The van der Waals surface area contributed by atoms with Gasteiger partial charge in [0.25, 0.3) is 0 Å². The van der Waals surface area contributed by atoms with Crippen LogP contribution in [0.4, 0.5) is 0 Å². The number of aliphatic hydroxyl groups excluding tert-OH is 2. The zero-order chi connectivity index (χ0) is 25.2. The van der Waals surface area contributed by atoms with E-state index >= 15 is 0 Å². The fraction of sp³-hybridized carbons (Fsp3) is 0.440. The number of carbonyl (C=O) groups excluding carboxylic acids is 2. The van der Waals surface area contributed by atoms with Crippen molar-refractivity contribution in [2.75, 3.05) is 7.11 Å². The van der Waals surface area contributed by atoms with Gasteiger partial charge in [0, 0.05) is 42.0 Å². The molecule has 2 aromatic carbocycles. The van der Waals surface area contributed by atoms with Crippen LogP contribution in [0.5, 0.6) is 17.2 Å². The number of benzene rings is 2. The van der Waals surface area contributed by atoms with Crippen LogP contribution in [0.1, 0.15) is 68.8 Å². The van der Waals surface area contributed by atoms with Crippen molar-refractivity contribution in [1.82, 2.24) is 0 Å². The van der Waals surface area contributed by atoms with Gasteiger partial charge in [-0.1, -0.05) is 12.1 Å². The highest BCUT2D eigenvalue weighted by Gasteiger charge is 2.44. The van der Waals surface area contributed by atoms with Crippen molar-refractivity contribution in [1.29, 1.82) is 0 Å². The largest absolute Gasteiger partial charge is 0.507 e. The Kier molecular flexibility index (Phi) is 7.04. The van der Waals surface area contributed by atoms with E-state index in [4.69, 9.17) is 19.9 Å². The molecule has 0 bridgehead atoms. The summed E-state index contributed by atoms with van der Waals surface area (Å²) in [5.41, 5.74) is 5.64. The summed E-state index contributed by atoms with van der Waals surface area (Å²) in [6.45, 7) is 1.65. The van der Waals surface area contributed by atoms with Gasteiger partial charge in [0.2, 0.25) is 5.78 Å². The van der Waals surface area contributed by atoms with Crippen molar-refractivity contribution in [3.8, 4) is 17.2 Å². The second-order valence-electron chi connectivity index (χ2n) is 9.26. The standard InChI is InChI=1S/C25H27NO9.ClH/c1-9-21(28)13(26)8-16(34-9)35-15-7-10(27)6-12-18(15)25(32)20-19(23(12)30)22(29)11-4-3-5-14(33-2)17(11)24(20)31;/h3-5,9-10,13,15-16,21,27-28,30,32H,6-8,26H2,1-2H3;1H/t9?,10-,13?,15-,16?,21?;/m0./s1. The molecule has 6 N–H and O–H groups in total. The molecular formula is C25H28ClNO9. The van der Waals surface area contributed by atoms with Gasteiger partial charge in [-0.3, -0.25) is 9.59 Å². The van der Waals surface area contributed by atoms with Crippen LogP contribution >= 0.6 is 12.4 Å². The van der Waals surface area contributed by atoms with Crippen molar-refractivity contribution < 1.29 is 44.2 Å². The van der Waals surface area contributed by atoms with Gasteiger partial charge in [-0.15, -0.1) is 12.4 Å². The Bertz CT molecular complexity index is 1220. The van der Waals surface area contributed by atoms with E-state index in [1.165, 1.54) is 19.2 Å². The Morgan fingerprint density at radius 1 is 1.03 bits per heavy atom. The first-order valence-electron chi connectivity index (χ1n) is 11.4. The van der Waals surface area contributed by atoms with Crippen LogP contribution in [0.25, 0.3) is 0 Å². The molecule has 0 saturated carbocycles. The lowest BCUT2D eigenvalue weighted by Gasteiger charge is -2.39. The first kappa shape index (κ1) is 26.3. The fourth-order valence-corrected chi connectivity index (χ4v) is 5.34. The number of aromatic hydroxyl groups is 2. The van der Waals surface area contributed by atoms with Crippen molar-refractivity contribution in [3.05, 3.63) is 51.6 Å². The topological polar surface area (TPSA) is 169 Å². The van der Waals surface area contributed by atoms with Crippen LogP contribution in [0.3, 0.4) is 0 Å². The number of fused-ring (bicyclic) bond motifs is 3. The number of carbonyl (C=O) groups is 2. The lowest BCUT2D eigenvalue weighted by molar-refractivity contribution is -0.244. The molecule has 1 heterocycles. The molecule has 0 spiro atoms. The van der Waals surface area contributed by atoms with Crippen molar-refractivity contribution >= 4 is 24.0 Å². The molecule has 0 amide bonds. The molecule has 1 fully saturated rings. The number of ether oxygens (including phenoxy) is 3. The number of aliphatic hydroxyl groups is 2. The Labute approximate surface area is 213 Å². The van der Waals surface area contributed by atoms with Crippen LogP contribution in [0.15, 0.2) is 18.2 Å². The highest BCUT2D eigenvalue weighted by molar-refractivity contribution is 6.31. The number of rotatable bonds is 3. The van der Waals surface area contributed by atoms with E-state index in [1.54, 1.807) is 13.0 Å². The van der Waals surface area contributed by atoms with Crippen molar-refractivity contribution in [2.45, 2.75) is 62.9 Å². The Morgan fingerprint density at radius 2 is 1.72 bits per heavy atom. The predicted molar refractivity (Wildman–Crippen MR) is 128 cm³/mol. The number of halogens is 1. The van der Waals surface area contributed by atoms with E-state index in [9.17, 15) is 30.0 Å². The monoisotopic (exact) mass is 521 g/mol. The van der Waals surface area contributed by atoms with Gasteiger partial charge in [-0.05, 0) is 13.0 Å². The molecule has 0 aromatic heterocycles. The highest BCUT2D eigenvalue weighted by Crippen LogP contribution is 2.50. The minimum absolute atomic E-state index is 0. The molecule has 10 nitrogen and oxygen atoms in total. The Morgan fingerprint density at radius 3 is 2.39 bits per heavy atom. The van der Waals surface area contributed by atoms with E-state index in [2.05, 4.69) is 0 Å². The summed E-state index contributed by atoms with van der Waals surface area (Å²) in [6.07, 6.45) is -4.09. The van der Waals surface area contributed by atoms with Crippen LogP contribution in [-0.4, -0.2) is 69.7 Å². The molecule has 11 heteroatoms. The number of hydrogen-bond acceptors (Lipinski definition) is 10. The third-order valence-corrected chi connectivity index (χ3v) is 7.08. The summed E-state index contributed by atoms with van der Waals surface area (Å²) in [5.74, 6) is -2.10. The molecule has 2 aliphatic carbocycles. The summed E-state index contributed by atoms with van der Waals surface area (Å²) >= 11 is 0. The quantitative estimate of drug-likeness (QED) is 0.318. The Balaban J connectivity index is 0.00000304. The molecule has 6 atom stereocenters. The SMILES string of the molecule is COc1cccc2c1C(=O)c1c(O)c3c(c(O)c1C2=O)C[C@H](O)C[C@@H]3OC1CC(N)C(O)C(C)O1.Cl. The number of nitrogens with two attached hydrogens (primary N) is 1. The summed E-state index contributed by atoms with van der Waals surface area (Å²) in [5, 5.41) is 43.0. The molecule has 2 aromatic rings. The van der Waals surface area contributed by atoms with E-state index in [-0.39, 0.29) is 70.8 Å². The molecule has 5 rings (SSSR count). The van der Waals surface area contributed by atoms with E-state index in [0.717, 1.165) is 0 Å². The average molecular weight is 522 g/mol. The average Bonchev–Trinajstić information content (AvgIpc) is 2.82. The van der Waals surface area contributed by atoms with Gasteiger partial charge < -0.3 is 40.4 Å². The smallest absolute Gasteiger partial charge is 0.202 e. The van der Waals surface area contributed by atoms with Crippen LogP contribution in [0.2, 0.25) is 0 Å². The van der Waals surface area contributed by atoms with Crippen LogP contribution < -0.4 is 10.5 Å². The first-order chi connectivity index (χ1) is 16.6. The van der Waals surface area contributed by atoms with Crippen LogP contribution in [0, 0.1) is 0 Å². The fourth-order valence-electron chi connectivity index (χ4n) is 5.34. The maximum atomic E-state index is 13.5. The third kappa shape index (κ3) is 3.94. The van der Waals surface area contributed by atoms with Crippen molar-refractivity contribution in [3.63, 3.8) is 0 Å². The minimum Gasteiger partial charge on any atom is -0.507 e.